The van der Waals surface area contributed by atoms with E-state index in [-0.39, 0.29) is 11.8 Å². The molecule has 25 heavy (non-hydrogen) atoms. The van der Waals surface area contributed by atoms with Gasteiger partial charge in [0.2, 0.25) is 5.91 Å². The first kappa shape index (κ1) is 16.4. The van der Waals surface area contributed by atoms with Crippen LogP contribution < -0.4 is 4.90 Å². The molecule has 4 rings (SSSR count). The Kier molecular flexibility index (Phi) is 4.13. The quantitative estimate of drug-likeness (QED) is 0.827. The third-order valence-corrected chi connectivity index (χ3v) is 5.78. The first-order chi connectivity index (χ1) is 12.0. The summed E-state index contributed by atoms with van der Waals surface area (Å²) in [5.41, 5.74) is 0.687. The van der Waals surface area contributed by atoms with Gasteiger partial charge in [0.1, 0.15) is 5.82 Å². The van der Waals surface area contributed by atoms with Gasteiger partial charge in [-0.2, -0.15) is 0 Å². The summed E-state index contributed by atoms with van der Waals surface area (Å²) in [4.78, 5) is 30.7. The maximum Gasteiger partial charge on any atom is 0.324 e. The summed E-state index contributed by atoms with van der Waals surface area (Å²) in [6.45, 7) is 1.37. The van der Waals surface area contributed by atoms with Crippen molar-refractivity contribution < 1.29 is 14.0 Å². The van der Waals surface area contributed by atoms with Crippen LogP contribution in [0.15, 0.2) is 24.3 Å². The van der Waals surface area contributed by atoms with E-state index in [1.54, 1.807) is 24.1 Å². The highest BCUT2D eigenvalue weighted by Crippen LogP contribution is 2.39. The lowest BCUT2D eigenvalue weighted by Gasteiger charge is -2.47. The number of benzene rings is 1. The number of likely N-dealkylation sites (tertiary alicyclic amines) is 2. The number of piperidine rings is 2. The van der Waals surface area contributed by atoms with Crippen LogP contribution in [0, 0.1) is 11.7 Å². The van der Waals surface area contributed by atoms with Crippen molar-refractivity contribution in [2.24, 2.45) is 5.92 Å². The Morgan fingerprint density at radius 3 is 2.56 bits per heavy atom. The number of anilines is 1. The number of hydrogen-bond donors (Lipinski definition) is 0. The molecule has 1 aromatic rings. The van der Waals surface area contributed by atoms with Crippen molar-refractivity contribution in [3.8, 4) is 0 Å². The average Bonchev–Trinajstić information content (AvgIpc) is 3.45. The second kappa shape index (κ2) is 6.32. The van der Waals surface area contributed by atoms with Crippen molar-refractivity contribution in [2.75, 3.05) is 25.0 Å². The molecule has 2 heterocycles. The summed E-state index contributed by atoms with van der Waals surface area (Å²) in [6, 6.07) is 6.66. The molecule has 3 aliphatic rings. The van der Waals surface area contributed by atoms with Gasteiger partial charge in [-0.25, -0.2) is 9.18 Å². The second-order valence-electron chi connectivity index (χ2n) is 7.45. The van der Waals surface area contributed by atoms with Gasteiger partial charge in [0.05, 0.1) is 0 Å². The Bertz CT molecular complexity index is 674. The highest BCUT2D eigenvalue weighted by molar-refractivity contribution is 5.91. The third-order valence-electron chi connectivity index (χ3n) is 5.78. The monoisotopic (exact) mass is 345 g/mol. The van der Waals surface area contributed by atoms with Gasteiger partial charge in [0, 0.05) is 44.3 Å². The van der Waals surface area contributed by atoms with Crippen LogP contribution in [0.25, 0.3) is 0 Å². The van der Waals surface area contributed by atoms with Crippen molar-refractivity contribution in [3.63, 3.8) is 0 Å². The number of halogens is 1. The fourth-order valence-electron chi connectivity index (χ4n) is 4.28. The van der Waals surface area contributed by atoms with E-state index in [1.807, 2.05) is 4.90 Å². The molecule has 3 fully saturated rings. The smallest absolute Gasteiger partial charge is 0.324 e. The Labute approximate surface area is 147 Å². The molecule has 1 saturated carbocycles. The summed E-state index contributed by atoms with van der Waals surface area (Å²) in [5, 5.41) is 0. The maximum absolute atomic E-state index is 13.1. The van der Waals surface area contributed by atoms with Crippen LogP contribution in [0.2, 0.25) is 0 Å². The van der Waals surface area contributed by atoms with Gasteiger partial charge in [-0.15, -0.1) is 0 Å². The number of nitrogens with zero attached hydrogens (tertiary/aromatic N) is 3. The minimum absolute atomic E-state index is 0.0556. The minimum atomic E-state index is -0.308. The second-order valence-corrected chi connectivity index (χ2v) is 7.45. The molecule has 0 N–H and O–H groups in total. The summed E-state index contributed by atoms with van der Waals surface area (Å²) >= 11 is 0. The number of fused-ring (bicyclic) bond motifs is 1. The van der Waals surface area contributed by atoms with Gasteiger partial charge in [-0.1, -0.05) is 0 Å². The highest BCUT2D eigenvalue weighted by atomic mass is 19.1. The zero-order chi connectivity index (χ0) is 17.6. The molecule has 1 aliphatic carbocycles. The molecular formula is C19H24FN3O2. The molecule has 2 aliphatic heterocycles. The lowest BCUT2D eigenvalue weighted by Crippen LogP contribution is -2.58. The van der Waals surface area contributed by atoms with E-state index in [1.165, 1.54) is 12.1 Å². The van der Waals surface area contributed by atoms with Gasteiger partial charge in [-0.3, -0.25) is 9.69 Å². The van der Waals surface area contributed by atoms with Crippen LogP contribution in [0.4, 0.5) is 14.9 Å². The van der Waals surface area contributed by atoms with Crippen molar-refractivity contribution in [3.05, 3.63) is 30.1 Å². The molecule has 0 unspecified atom stereocenters. The van der Waals surface area contributed by atoms with Gasteiger partial charge in [0.25, 0.3) is 0 Å². The summed E-state index contributed by atoms with van der Waals surface area (Å²) in [5.74, 6) is 0.363. The van der Waals surface area contributed by atoms with Crippen molar-refractivity contribution in [1.29, 1.82) is 0 Å². The average molecular weight is 345 g/mol. The largest absolute Gasteiger partial charge is 0.336 e. The Balaban J connectivity index is 1.44. The first-order valence-corrected chi connectivity index (χ1v) is 9.14. The maximum atomic E-state index is 13.1. The molecule has 0 spiro atoms. The molecule has 2 atom stereocenters. The van der Waals surface area contributed by atoms with E-state index < -0.39 is 0 Å². The van der Waals surface area contributed by atoms with E-state index in [9.17, 15) is 14.0 Å². The molecule has 0 aromatic heterocycles. The van der Waals surface area contributed by atoms with Crippen LogP contribution in [0.3, 0.4) is 0 Å². The van der Waals surface area contributed by atoms with Gasteiger partial charge >= 0.3 is 6.03 Å². The standard InChI is InChI=1S/C19H24FN3O2/c1-21(15-5-3-14(20)4-6-15)19(25)22-11-10-17-13(12-22)2-9-18(24)23(17)16-7-8-16/h3-6,13,16-17H,2,7-12H2,1H3/t13-,17-/m1/s1. The zero-order valence-electron chi connectivity index (χ0n) is 14.5. The summed E-state index contributed by atoms with van der Waals surface area (Å²) in [7, 11) is 1.72. The SMILES string of the molecule is CN(C(=O)N1CC[C@@H]2[C@H](CCC(=O)N2C2CC2)C1)c1ccc(F)cc1. The topological polar surface area (TPSA) is 43.9 Å². The molecule has 6 heteroatoms. The van der Waals surface area contributed by atoms with E-state index in [4.69, 9.17) is 0 Å². The first-order valence-electron chi connectivity index (χ1n) is 9.14. The van der Waals surface area contributed by atoms with E-state index >= 15 is 0 Å². The van der Waals surface area contributed by atoms with Crippen molar-refractivity contribution in [1.82, 2.24) is 9.80 Å². The highest BCUT2D eigenvalue weighted by Gasteiger charge is 2.46. The Morgan fingerprint density at radius 2 is 1.88 bits per heavy atom. The molecule has 134 valence electrons. The van der Waals surface area contributed by atoms with Crippen LogP contribution in [-0.2, 0) is 4.79 Å². The van der Waals surface area contributed by atoms with Crippen LogP contribution in [0.5, 0.6) is 0 Å². The molecule has 5 nitrogen and oxygen atoms in total. The summed E-state index contributed by atoms with van der Waals surface area (Å²) in [6.07, 6.45) is 4.59. The Morgan fingerprint density at radius 1 is 1.16 bits per heavy atom. The number of carbonyl (C=O) groups is 2. The molecule has 0 bridgehead atoms. The van der Waals surface area contributed by atoms with Crippen LogP contribution >= 0.6 is 0 Å². The molecular weight excluding hydrogens is 321 g/mol. The number of hydrogen-bond acceptors (Lipinski definition) is 2. The fourth-order valence-corrected chi connectivity index (χ4v) is 4.28. The minimum Gasteiger partial charge on any atom is -0.336 e. The summed E-state index contributed by atoms with van der Waals surface area (Å²) < 4.78 is 13.1. The normalized spacial score (nSPS) is 26.4. The van der Waals surface area contributed by atoms with E-state index in [0.717, 1.165) is 25.7 Å². The van der Waals surface area contributed by atoms with E-state index in [2.05, 4.69) is 4.90 Å². The number of carbonyl (C=O) groups excluding carboxylic acids is 2. The molecule has 1 aromatic carbocycles. The fraction of sp³-hybridized carbons (Fsp3) is 0.579. The molecule has 3 amide bonds. The van der Waals surface area contributed by atoms with Gasteiger partial charge < -0.3 is 9.80 Å². The van der Waals surface area contributed by atoms with Crippen LogP contribution in [-0.4, -0.2) is 54.0 Å². The Hall–Kier alpha value is -2.11. The van der Waals surface area contributed by atoms with Gasteiger partial charge in [0.15, 0.2) is 0 Å². The lowest BCUT2D eigenvalue weighted by molar-refractivity contribution is -0.141. The van der Waals surface area contributed by atoms with Crippen molar-refractivity contribution in [2.45, 2.75) is 44.2 Å². The zero-order valence-corrected chi connectivity index (χ0v) is 14.5. The molecule has 0 radical (unpaired) electrons. The van der Waals surface area contributed by atoms with Crippen molar-refractivity contribution >= 4 is 17.6 Å². The number of rotatable bonds is 2. The van der Waals surface area contributed by atoms with Gasteiger partial charge in [-0.05, 0) is 55.9 Å². The number of urea groups is 1. The number of amides is 3. The van der Waals surface area contributed by atoms with Crippen LogP contribution in [0.1, 0.15) is 32.1 Å². The van der Waals surface area contributed by atoms with E-state index in [0.29, 0.717) is 49.1 Å². The predicted octanol–water partition coefficient (Wildman–Crippen LogP) is 2.86. The molecule has 2 saturated heterocycles. The lowest BCUT2D eigenvalue weighted by atomic mass is 9.83. The third kappa shape index (κ3) is 3.10. The predicted molar refractivity (Wildman–Crippen MR) is 92.8 cm³/mol.